The van der Waals surface area contributed by atoms with Crippen LogP contribution in [-0.4, -0.2) is 53.5 Å². The van der Waals surface area contributed by atoms with Crippen LogP contribution in [0.1, 0.15) is 52.0 Å². The van der Waals surface area contributed by atoms with E-state index in [1.165, 1.54) is 6.92 Å². The molecule has 3 amide bonds. The normalized spacial score (nSPS) is 14.9. The van der Waals surface area contributed by atoms with E-state index in [9.17, 15) is 24.0 Å². The largest absolute Gasteiger partial charge is 0.461 e. The number of amides is 3. The van der Waals surface area contributed by atoms with Crippen molar-refractivity contribution in [2.45, 2.75) is 59.1 Å². The van der Waals surface area contributed by atoms with Gasteiger partial charge >= 0.3 is 5.97 Å². The van der Waals surface area contributed by atoms with Crippen molar-refractivity contribution >= 4 is 35.2 Å². The van der Waals surface area contributed by atoms with E-state index in [0.717, 1.165) is 5.56 Å². The average molecular weight is 446 g/mol. The van der Waals surface area contributed by atoms with Gasteiger partial charge in [0, 0.05) is 44.5 Å². The highest BCUT2D eigenvalue weighted by atomic mass is 16.5. The third kappa shape index (κ3) is 8.13. The fraction of sp³-hybridized carbons (Fsp3) is 0.522. The number of nitrogens with one attached hydrogen (secondary N) is 2. The van der Waals surface area contributed by atoms with Crippen LogP contribution in [0.3, 0.4) is 0 Å². The Morgan fingerprint density at radius 1 is 1.03 bits per heavy atom. The molecule has 2 N–H and O–H groups in total. The molecule has 1 atom stereocenters. The minimum absolute atomic E-state index is 0.00602. The van der Waals surface area contributed by atoms with Crippen LogP contribution < -0.4 is 10.6 Å². The number of ether oxygens (including phenoxy) is 1. The van der Waals surface area contributed by atoms with Crippen molar-refractivity contribution in [3.8, 4) is 0 Å². The summed E-state index contributed by atoms with van der Waals surface area (Å²) >= 11 is 0. The molecule has 1 aromatic carbocycles. The minimum Gasteiger partial charge on any atom is -0.461 e. The van der Waals surface area contributed by atoms with Crippen molar-refractivity contribution in [2.24, 2.45) is 5.92 Å². The van der Waals surface area contributed by atoms with Gasteiger partial charge in [0.25, 0.3) is 0 Å². The Bertz CT molecular complexity index is 844. The summed E-state index contributed by atoms with van der Waals surface area (Å²) in [6.45, 7) is 5.69. The van der Waals surface area contributed by atoms with Gasteiger partial charge in [-0.25, -0.2) is 0 Å². The molecule has 0 radical (unpaired) electrons. The fourth-order valence-corrected chi connectivity index (χ4v) is 3.41. The van der Waals surface area contributed by atoms with Gasteiger partial charge in [-0.05, 0) is 44.4 Å². The number of Topliss-reactive ketones (excluding diaryl/α,β-unsaturated/α-hetero) is 1. The molecule has 1 heterocycles. The predicted octanol–water partition coefficient (Wildman–Crippen LogP) is 1.80. The first-order valence-electron chi connectivity index (χ1n) is 10.8. The van der Waals surface area contributed by atoms with Crippen LogP contribution in [-0.2, 0) is 35.3 Å². The molecule has 1 aliphatic rings. The van der Waals surface area contributed by atoms with Gasteiger partial charge in [-0.2, -0.15) is 0 Å². The quantitative estimate of drug-likeness (QED) is 0.559. The van der Waals surface area contributed by atoms with Gasteiger partial charge in [-0.1, -0.05) is 12.1 Å². The number of anilines is 1. The number of piperidine rings is 1. The van der Waals surface area contributed by atoms with Crippen LogP contribution in [0.25, 0.3) is 0 Å². The van der Waals surface area contributed by atoms with Gasteiger partial charge < -0.3 is 20.3 Å². The second-order valence-electron chi connectivity index (χ2n) is 8.02. The SMILES string of the molecule is CC(=O)OCc1ccc(NC(=O)[C@H](C)NC(=O)CCC(=O)N2CCC(C(C)=O)CC2)cc1. The molecule has 2 rings (SSSR count). The molecule has 0 aromatic heterocycles. The zero-order chi connectivity index (χ0) is 23.7. The van der Waals surface area contributed by atoms with Crippen molar-refractivity contribution < 1.29 is 28.7 Å². The first kappa shape index (κ1) is 25.0. The molecule has 32 heavy (non-hydrogen) atoms. The highest BCUT2D eigenvalue weighted by molar-refractivity contribution is 5.97. The van der Waals surface area contributed by atoms with E-state index >= 15 is 0 Å². The summed E-state index contributed by atoms with van der Waals surface area (Å²) in [7, 11) is 0. The van der Waals surface area contributed by atoms with Gasteiger partial charge in [0.1, 0.15) is 18.4 Å². The molecule has 1 fully saturated rings. The van der Waals surface area contributed by atoms with Crippen molar-refractivity contribution in [3.05, 3.63) is 29.8 Å². The molecule has 1 aromatic rings. The third-order valence-electron chi connectivity index (χ3n) is 5.42. The molecule has 0 unspecified atom stereocenters. The van der Waals surface area contributed by atoms with E-state index in [2.05, 4.69) is 10.6 Å². The van der Waals surface area contributed by atoms with Crippen LogP contribution in [0.5, 0.6) is 0 Å². The molecular formula is C23H31N3O6. The maximum absolute atomic E-state index is 12.3. The summed E-state index contributed by atoms with van der Waals surface area (Å²) in [5, 5.41) is 5.31. The molecule has 9 heteroatoms. The smallest absolute Gasteiger partial charge is 0.302 e. The highest BCUT2D eigenvalue weighted by Gasteiger charge is 2.25. The number of hydrogen-bond donors (Lipinski definition) is 2. The molecule has 0 saturated carbocycles. The molecule has 9 nitrogen and oxygen atoms in total. The highest BCUT2D eigenvalue weighted by Crippen LogP contribution is 2.18. The van der Waals surface area contributed by atoms with E-state index < -0.39 is 6.04 Å². The predicted molar refractivity (Wildman–Crippen MR) is 117 cm³/mol. The first-order chi connectivity index (χ1) is 15.2. The molecule has 1 saturated heterocycles. The van der Waals surface area contributed by atoms with Crippen LogP contribution in [0, 0.1) is 5.92 Å². The van der Waals surface area contributed by atoms with Gasteiger partial charge in [-0.3, -0.25) is 24.0 Å². The molecular weight excluding hydrogens is 414 g/mol. The van der Waals surface area contributed by atoms with E-state index in [1.54, 1.807) is 43.0 Å². The molecule has 0 spiro atoms. The lowest BCUT2D eigenvalue weighted by Gasteiger charge is -2.30. The number of carbonyl (C=O) groups excluding carboxylic acids is 5. The first-order valence-corrected chi connectivity index (χ1v) is 10.8. The van der Waals surface area contributed by atoms with E-state index in [-0.39, 0.29) is 54.8 Å². The second kappa shape index (κ2) is 12.0. The summed E-state index contributed by atoms with van der Waals surface area (Å²) in [6, 6.07) is 6.04. The molecule has 0 bridgehead atoms. The number of rotatable bonds is 9. The lowest BCUT2D eigenvalue weighted by molar-refractivity contribution is -0.142. The second-order valence-corrected chi connectivity index (χ2v) is 8.02. The Hall–Kier alpha value is -3.23. The lowest BCUT2D eigenvalue weighted by Crippen LogP contribution is -2.43. The Morgan fingerprint density at radius 3 is 2.22 bits per heavy atom. The average Bonchev–Trinajstić information content (AvgIpc) is 2.76. The van der Waals surface area contributed by atoms with Gasteiger partial charge in [0.2, 0.25) is 17.7 Å². The van der Waals surface area contributed by atoms with Crippen molar-refractivity contribution in [1.82, 2.24) is 10.2 Å². The summed E-state index contributed by atoms with van der Waals surface area (Å²) in [4.78, 5) is 60.7. The van der Waals surface area contributed by atoms with Gasteiger partial charge in [-0.15, -0.1) is 0 Å². The summed E-state index contributed by atoms with van der Waals surface area (Å²) in [6.07, 6.45) is 1.38. The van der Waals surface area contributed by atoms with Crippen LogP contribution in [0.15, 0.2) is 24.3 Å². The van der Waals surface area contributed by atoms with Crippen molar-refractivity contribution in [3.63, 3.8) is 0 Å². The number of ketones is 1. The van der Waals surface area contributed by atoms with E-state index in [1.807, 2.05) is 0 Å². The number of carbonyl (C=O) groups is 5. The van der Waals surface area contributed by atoms with Crippen molar-refractivity contribution in [1.29, 1.82) is 0 Å². The molecule has 174 valence electrons. The number of benzene rings is 1. The molecule has 0 aliphatic carbocycles. The summed E-state index contributed by atoms with van der Waals surface area (Å²) in [5.41, 5.74) is 1.33. The van der Waals surface area contributed by atoms with Gasteiger partial charge in [0.05, 0.1) is 0 Å². The zero-order valence-electron chi connectivity index (χ0n) is 18.8. The van der Waals surface area contributed by atoms with Crippen molar-refractivity contribution in [2.75, 3.05) is 18.4 Å². The Balaban J connectivity index is 1.71. The van der Waals surface area contributed by atoms with E-state index in [0.29, 0.717) is 31.6 Å². The fourth-order valence-electron chi connectivity index (χ4n) is 3.41. The zero-order valence-corrected chi connectivity index (χ0v) is 18.8. The third-order valence-corrected chi connectivity index (χ3v) is 5.42. The van der Waals surface area contributed by atoms with Crippen LogP contribution in [0.4, 0.5) is 5.69 Å². The van der Waals surface area contributed by atoms with E-state index in [4.69, 9.17) is 4.74 Å². The maximum atomic E-state index is 12.3. The Kier molecular flexibility index (Phi) is 9.37. The minimum atomic E-state index is -0.773. The Morgan fingerprint density at radius 2 is 1.66 bits per heavy atom. The number of nitrogens with zero attached hydrogens (tertiary/aromatic N) is 1. The summed E-state index contributed by atoms with van der Waals surface area (Å²) < 4.78 is 4.91. The lowest BCUT2D eigenvalue weighted by atomic mass is 9.93. The maximum Gasteiger partial charge on any atom is 0.302 e. The standard InChI is InChI=1S/C23H31N3O6/c1-15(23(31)25-20-6-4-18(5-7-20)14-32-17(3)28)24-21(29)8-9-22(30)26-12-10-19(11-13-26)16(2)27/h4-7,15,19H,8-14H2,1-3H3,(H,24,29)(H,25,31)/t15-/m0/s1. The van der Waals surface area contributed by atoms with Crippen LogP contribution >= 0.6 is 0 Å². The number of likely N-dealkylation sites (tertiary alicyclic amines) is 1. The number of hydrogen-bond acceptors (Lipinski definition) is 6. The molecule has 1 aliphatic heterocycles. The monoisotopic (exact) mass is 445 g/mol. The van der Waals surface area contributed by atoms with Crippen LogP contribution in [0.2, 0.25) is 0 Å². The topological polar surface area (TPSA) is 122 Å². The summed E-state index contributed by atoms with van der Waals surface area (Å²) in [5.74, 6) is -1.08. The van der Waals surface area contributed by atoms with Gasteiger partial charge in [0.15, 0.2) is 0 Å². The number of esters is 1. The Labute approximate surface area is 187 Å².